The van der Waals surface area contributed by atoms with Gasteiger partial charge in [-0.1, -0.05) is 20.8 Å². The number of nitrogens with zero attached hydrogens (tertiary/aromatic N) is 3. The molecule has 31 heavy (non-hydrogen) atoms. The third-order valence-corrected chi connectivity index (χ3v) is 8.04. The molecule has 1 unspecified atom stereocenters. The smallest absolute Gasteiger partial charge is 0.337 e. The molecule has 1 aliphatic carbocycles. The summed E-state index contributed by atoms with van der Waals surface area (Å²) < 4.78 is 39.4. The summed E-state index contributed by atoms with van der Waals surface area (Å²) in [6, 6.07) is 1.62. The largest absolute Gasteiger partial charge is 0.417 e. The lowest BCUT2D eigenvalue weighted by atomic mass is 9.73. The number of carbonyl (C=O) groups is 1. The van der Waals surface area contributed by atoms with E-state index in [4.69, 9.17) is 0 Å². The van der Waals surface area contributed by atoms with Gasteiger partial charge in [0.25, 0.3) is 0 Å². The molecule has 1 aromatic rings. The van der Waals surface area contributed by atoms with Crippen molar-refractivity contribution in [2.24, 2.45) is 17.3 Å². The number of likely N-dealkylation sites (tertiary alicyclic amines) is 1. The van der Waals surface area contributed by atoms with Gasteiger partial charge in [-0.05, 0) is 68.7 Å². The van der Waals surface area contributed by atoms with Crippen LogP contribution in [0, 0.1) is 17.3 Å². The number of rotatable bonds is 3. The summed E-state index contributed by atoms with van der Waals surface area (Å²) in [6.45, 7) is 9.53. The molecular weight excluding hydrogens is 403 g/mol. The molecule has 1 saturated heterocycles. The van der Waals surface area contributed by atoms with Crippen LogP contribution in [0.5, 0.6) is 0 Å². The molecule has 0 spiro atoms. The van der Waals surface area contributed by atoms with E-state index in [1.807, 2.05) is 0 Å². The van der Waals surface area contributed by atoms with E-state index < -0.39 is 17.2 Å². The Labute approximate surface area is 183 Å². The number of hydrogen-bond acceptors (Lipinski definition) is 3. The van der Waals surface area contributed by atoms with Gasteiger partial charge in [0.15, 0.2) is 0 Å². The number of pyridine rings is 1. The number of amides is 1. The van der Waals surface area contributed by atoms with Crippen LogP contribution in [-0.2, 0) is 23.9 Å². The number of aromatic nitrogens is 1. The minimum absolute atomic E-state index is 0.124. The molecule has 0 bridgehead atoms. The van der Waals surface area contributed by atoms with Crippen LogP contribution in [0.4, 0.5) is 13.2 Å². The number of hydrogen-bond donors (Lipinski definition) is 0. The first-order valence-corrected chi connectivity index (χ1v) is 11.7. The van der Waals surface area contributed by atoms with Crippen molar-refractivity contribution in [2.75, 3.05) is 19.6 Å². The molecule has 1 aromatic heterocycles. The van der Waals surface area contributed by atoms with E-state index in [1.165, 1.54) is 18.9 Å². The fourth-order valence-corrected chi connectivity index (χ4v) is 5.79. The highest BCUT2D eigenvalue weighted by atomic mass is 19.4. The lowest BCUT2D eigenvalue weighted by molar-refractivity contribution is -0.146. The Morgan fingerprint density at radius 3 is 2.55 bits per heavy atom. The van der Waals surface area contributed by atoms with E-state index in [9.17, 15) is 18.0 Å². The van der Waals surface area contributed by atoms with Crippen molar-refractivity contribution in [2.45, 2.75) is 78.1 Å². The van der Waals surface area contributed by atoms with Crippen LogP contribution in [0.3, 0.4) is 0 Å². The Morgan fingerprint density at radius 1 is 1.19 bits per heavy atom. The lowest BCUT2D eigenvalue weighted by Gasteiger charge is -2.41. The van der Waals surface area contributed by atoms with Gasteiger partial charge in [0.05, 0.1) is 11.0 Å². The highest BCUT2D eigenvalue weighted by Crippen LogP contribution is 2.48. The third-order valence-electron chi connectivity index (χ3n) is 8.04. The maximum Gasteiger partial charge on any atom is 0.417 e. The van der Waals surface area contributed by atoms with Gasteiger partial charge in [-0.15, -0.1) is 0 Å². The Bertz CT molecular complexity index is 817. The predicted molar refractivity (Wildman–Crippen MR) is 113 cm³/mol. The number of halogens is 3. The molecule has 172 valence electrons. The van der Waals surface area contributed by atoms with Crippen molar-refractivity contribution in [3.63, 3.8) is 0 Å². The number of carbonyl (C=O) groups excluding carboxylic acids is 1. The second-order valence-corrected chi connectivity index (χ2v) is 10.2. The quantitative estimate of drug-likeness (QED) is 0.674. The first-order valence-electron chi connectivity index (χ1n) is 11.7. The van der Waals surface area contributed by atoms with E-state index >= 15 is 0 Å². The molecule has 2 fully saturated rings. The van der Waals surface area contributed by atoms with Crippen molar-refractivity contribution in [3.05, 3.63) is 29.1 Å². The van der Waals surface area contributed by atoms with Crippen LogP contribution in [0.2, 0.25) is 0 Å². The molecular formula is C24H34F3N3O. The van der Waals surface area contributed by atoms with E-state index in [0.717, 1.165) is 44.5 Å². The van der Waals surface area contributed by atoms with Gasteiger partial charge < -0.3 is 9.80 Å². The Balaban J connectivity index is 1.51. The monoisotopic (exact) mass is 437 g/mol. The summed E-state index contributed by atoms with van der Waals surface area (Å²) >= 11 is 0. The van der Waals surface area contributed by atoms with Crippen molar-refractivity contribution < 1.29 is 18.0 Å². The molecule has 1 amide bonds. The Morgan fingerprint density at radius 2 is 1.90 bits per heavy atom. The van der Waals surface area contributed by atoms with Crippen molar-refractivity contribution in [1.29, 1.82) is 0 Å². The summed E-state index contributed by atoms with van der Waals surface area (Å²) in [5, 5.41) is 0. The highest BCUT2D eigenvalue weighted by Gasteiger charge is 2.50. The molecule has 1 saturated carbocycles. The van der Waals surface area contributed by atoms with Gasteiger partial charge in [-0.2, -0.15) is 13.2 Å². The molecule has 0 aromatic carbocycles. The van der Waals surface area contributed by atoms with Crippen molar-refractivity contribution in [1.82, 2.24) is 14.8 Å². The summed E-state index contributed by atoms with van der Waals surface area (Å²) in [4.78, 5) is 22.2. The minimum atomic E-state index is -4.42. The minimum Gasteiger partial charge on any atom is -0.337 e. The van der Waals surface area contributed by atoms with Crippen LogP contribution < -0.4 is 0 Å². The fraction of sp³-hybridized carbons (Fsp3) is 0.750. The van der Waals surface area contributed by atoms with Crippen molar-refractivity contribution in [3.8, 4) is 0 Å². The van der Waals surface area contributed by atoms with Gasteiger partial charge in [-0.25, -0.2) is 0 Å². The van der Waals surface area contributed by atoms with Gasteiger partial charge in [0.2, 0.25) is 5.91 Å². The maximum atomic E-state index is 13.8. The van der Waals surface area contributed by atoms with E-state index in [2.05, 4.69) is 30.7 Å². The summed E-state index contributed by atoms with van der Waals surface area (Å²) in [5.74, 6) is 1.10. The highest BCUT2D eigenvalue weighted by molar-refractivity contribution is 5.83. The SMILES string of the molecule is CC1CCN(C2CC[C@@](C(=O)N3CCc4ncc(C(F)(F)F)cc4C3)(C(C)C)C2)CC1. The third kappa shape index (κ3) is 4.35. The van der Waals surface area contributed by atoms with Crippen LogP contribution in [-0.4, -0.2) is 46.4 Å². The molecule has 0 radical (unpaired) electrons. The van der Waals surface area contributed by atoms with Gasteiger partial charge in [-0.3, -0.25) is 9.78 Å². The van der Waals surface area contributed by atoms with E-state index in [-0.39, 0.29) is 18.4 Å². The zero-order chi connectivity index (χ0) is 22.4. The molecule has 2 aliphatic heterocycles. The zero-order valence-corrected chi connectivity index (χ0v) is 18.8. The molecule has 4 rings (SSSR count). The molecule has 7 heteroatoms. The number of fused-ring (bicyclic) bond motifs is 1. The summed E-state index contributed by atoms with van der Waals surface area (Å²) in [6.07, 6.45) is 2.20. The van der Waals surface area contributed by atoms with Gasteiger partial charge >= 0.3 is 6.18 Å². The predicted octanol–water partition coefficient (Wildman–Crippen LogP) is 4.91. The van der Waals surface area contributed by atoms with Gasteiger partial charge in [0.1, 0.15) is 0 Å². The van der Waals surface area contributed by atoms with Gasteiger partial charge in [0, 0.05) is 37.4 Å². The average Bonchev–Trinajstić information content (AvgIpc) is 3.19. The van der Waals surface area contributed by atoms with E-state index in [0.29, 0.717) is 30.3 Å². The van der Waals surface area contributed by atoms with Crippen LogP contribution in [0.15, 0.2) is 12.3 Å². The second kappa shape index (κ2) is 8.38. The second-order valence-electron chi connectivity index (χ2n) is 10.2. The first kappa shape index (κ1) is 22.6. The summed E-state index contributed by atoms with van der Waals surface area (Å²) in [7, 11) is 0. The standard InChI is InChI=1S/C24H34F3N3O/c1-16(2)23(8-4-20(13-23)29-9-5-17(3)6-10-29)22(31)30-11-7-21-18(15-30)12-19(14-28-21)24(25,26)27/h12,14,16-17,20H,4-11,13,15H2,1-3H3/t20?,23-/m0/s1. The lowest BCUT2D eigenvalue weighted by Crippen LogP contribution is -2.49. The van der Waals surface area contributed by atoms with Crippen LogP contribution >= 0.6 is 0 Å². The van der Waals surface area contributed by atoms with Crippen LogP contribution in [0.1, 0.15) is 69.7 Å². The number of piperidine rings is 1. The Kier molecular flexibility index (Phi) is 6.10. The van der Waals surface area contributed by atoms with Crippen LogP contribution in [0.25, 0.3) is 0 Å². The molecule has 0 N–H and O–H groups in total. The fourth-order valence-electron chi connectivity index (χ4n) is 5.79. The number of alkyl halides is 3. The van der Waals surface area contributed by atoms with Crippen molar-refractivity contribution >= 4 is 5.91 Å². The Hall–Kier alpha value is -1.63. The molecule has 3 aliphatic rings. The molecule has 4 nitrogen and oxygen atoms in total. The average molecular weight is 438 g/mol. The topological polar surface area (TPSA) is 36.4 Å². The van der Waals surface area contributed by atoms with E-state index in [1.54, 1.807) is 4.90 Å². The normalized spacial score (nSPS) is 28.2. The first-order chi connectivity index (χ1) is 14.6. The molecule has 2 atom stereocenters. The summed E-state index contributed by atoms with van der Waals surface area (Å²) in [5.41, 5.74) is 0.0648. The zero-order valence-electron chi connectivity index (χ0n) is 18.8. The molecule has 3 heterocycles. The maximum absolute atomic E-state index is 13.8.